The number of hydrogen-bond donors (Lipinski definition) is 0. The second kappa shape index (κ2) is 6.70. The Kier molecular flexibility index (Phi) is 5.57. The van der Waals surface area contributed by atoms with Gasteiger partial charge in [-0.05, 0) is 40.8 Å². The van der Waals surface area contributed by atoms with Crippen LogP contribution >= 0.6 is 34.2 Å². The number of methoxy groups -OCH3 is 2. The van der Waals surface area contributed by atoms with Gasteiger partial charge in [0, 0.05) is 3.57 Å². The number of hydrogen-bond acceptors (Lipinski definition) is 4. The van der Waals surface area contributed by atoms with Crippen molar-refractivity contribution in [3.8, 4) is 5.75 Å². The van der Waals surface area contributed by atoms with Crippen LogP contribution in [0.5, 0.6) is 5.75 Å². The van der Waals surface area contributed by atoms with Gasteiger partial charge in [0.1, 0.15) is 12.0 Å². The largest absolute Gasteiger partial charge is 0.500 e. The number of carbonyl (C=O) groups excluding carboxylic acids is 1. The quantitative estimate of drug-likeness (QED) is 0.355. The van der Waals surface area contributed by atoms with Crippen molar-refractivity contribution in [1.29, 1.82) is 0 Å². The van der Waals surface area contributed by atoms with Crippen molar-refractivity contribution in [2.24, 2.45) is 0 Å². The molecule has 0 aliphatic heterocycles. The van der Waals surface area contributed by atoms with Crippen LogP contribution in [0.1, 0.15) is 0 Å². The normalized spacial score (nSPS) is 10.9. The summed E-state index contributed by atoms with van der Waals surface area (Å²) in [4.78, 5) is 11.4. The van der Waals surface area contributed by atoms with E-state index < -0.39 is 5.97 Å². The Morgan fingerprint density at radius 1 is 1.41 bits per heavy atom. The van der Waals surface area contributed by atoms with Crippen LogP contribution in [0.25, 0.3) is 0 Å². The van der Waals surface area contributed by atoms with Gasteiger partial charge in [0.15, 0.2) is 0 Å². The van der Waals surface area contributed by atoms with Gasteiger partial charge >= 0.3 is 5.97 Å². The zero-order chi connectivity index (χ0) is 12.8. The third-order valence-corrected chi connectivity index (χ3v) is 2.71. The van der Waals surface area contributed by atoms with Gasteiger partial charge in [0.25, 0.3) is 0 Å². The SMILES string of the molecule is COC=C(Oc1cc(I)ccc1Cl)C(=O)OC. The molecule has 4 nitrogen and oxygen atoms in total. The summed E-state index contributed by atoms with van der Waals surface area (Å²) >= 11 is 8.05. The molecule has 0 heterocycles. The molecule has 1 aromatic carbocycles. The van der Waals surface area contributed by atoms with Gasteiger partial charge in [-0.3, -0.25) is 0 Å². The van der Waals surface area contributed by atoms with Crippen molar-refractivity contribution in [2.75, 3.05) is 14.2 Å². The number of benzene rings is 1. The predicted molar refractivity (Wildman–Crippen MR) is 71.9 cm³/mol. The lowest BCUT2D eigenvalue weighted by molar-refractivity contribution is -0.138. The summed E-state index contributed by atoms with van der Waals surface area (Å²) in [6.45, 7) is 0. The fourth-order valence-corrected chi connectivity index (χ4v) is 1.61. The van der Waals surface area contributed by atoms with Crippen molar-refractivity contribution >= 4 is 40.2 Å². The first-order chi connectivity index (χ1) is 8.08. The van der Waals surface area contributed by atoms with Crippen molar-refractivity contribution in [3.63, 3.8) is 0 Å². The molecular formula is C11H10ClIO4. The topological polar surface area (TPSA) is 44.8 Å². The zero-order valence-electron chi connectivity index (χ0n) is 9.20. The van der Waals surface area contributed by atoms with Crippen LogP contribution in [-0.2, 0) is 14.3 Å². The van der Waals surface area contributed by atoms with E-state index in [1.807, 2.05) is 6.07 Å². The van der Waals surface area contributed by atoms with E-state index in [4.69, 9.17) is 21.1 Å². The molecule has 0 N–H and O–H groups in total. The summed E-state index contributed by atoms with van der Waals surface area (Å²) in [6, 6.07) is 5.21. The van der Waals surface area contributed by atoms with Crippen molar-refractivity contribution in [1.82, 2.24) is 0 Å². The van der Waals surface area contributed by atoms with Gasteiger partial charge in [-0.15, -0.1) is 0 Å². The molecule has 0 radical (unpaired) electrons. The lowest BCUT2D eigenvalue weighted by atomic mass is 10.3. The highest BCUT2D eigenvalue weighted by Crippen LogP contribution is 2.28. The van der Waals surface area contributed by atoms with Crippen LogP contribution in [0.4, 0.5) is 0 Å². The molecule has 0 atom stereocenters. The number of carbonyl (C=O) groups is 1. The molecule has 0 saturated carbocycles. The van der Waals surface area contributed by atoms with E-state index in [-0.39, 0.29) is 5.76 Å². The summed E-state index contributed by atoms with van der Waals surface area (Å²) in [6.07, 6.45) is 1.15. The molecule has 0 aliphatic carbocycles. The maximum Gasteiger partial charge on any atom is 0.377 e. The van der Waals surface area contributed by atoms with E-state index in [0.717, 1.165) is 9.83 Å². The van der Waals surface area contributed by atoms with Gasteiger partial charge in [-0.2, -0.15) is 0 Å². The number of esters is 1. The monoisotopic (exact) mass is 368 g/mol. The second-order valence-corrected chi connectivity index (χ2v) is 4.54. The number of rotatable bonds is 4. The zero-order valence-corrected chi connectivity index (χ0v) is 12.1. The standard InChI is InChI=1S/C11H10ClIO4/c1-15-6-10(11(14)16-2)17-9-5-7(13)3-4-8(9)12/h3-6H,1-2H3. The van der Waals surface area contributed by atoms with Crippen LogP contribution in [0.15, 0.2) is 30.2 Å². The van der Waals surface area contributed by atoms with Crippen LogP contribution in [0.3, 0.4) is 0 Å². The minimum absolute atomic E-state index is 0.0705. The predicted octanol–water partition coefficient (Wildman–Crippen LogP) is 2.98. The third-order valence-electron chi connectivity index (χ3n) is 1.72. The molecule has 1 aromatic rings. The van der Waals surface area contributed by atoms with E-state index in [0.29, 0.717) is 10.8 Å². The van der Waals surface area contributed by atoms with Crippen LogP contribution in [0.2, 0.25) is 5.02 Å². The van der Waals surface area contributed by atoms with Gasteiger partial charge in [-0.25, -0.2) is 4.79 Å². The Bertz CT molecular complexity index is 445. The number of ether oxygens (including phenoxy) is 3. The Morgan fingerprint density at radius 3 is 2.71 bits per heavy atom. The van der Waals surface area contributed by atoms with Crippen molar-refractivity contribution < 1.29 is 19.0 Å². The second-order valence-electron chi connectivity index (χ2n) is 2.89. The van der Waals surface area contributed by atoms with Crippen LogP contribution < -0.4 is 4.74 Å². The summed E-state index contributed by atoms with van der Waals surface area (Å²) in [5, 5.41) is 0.399. The average molecular weight is 369 g/mol. The lowest BCUT2D eigenvalue weighted by Gasteiger charge is -2.09. The van der Waals surface area contributed by atoms with Gasteiger partial charge < -0.3 is 14.2 Å². The number of halogens is 2. The van der Waals surface area contributed by atoms with E-state index >= 15 is 0 Å². The molecule has 0 saturated heterocycles. The molecule has 0 fully saturated rings. The Hall–Kier alpha value is -0.950. The van der Waals surface area contributed by atoms with Gasteiger partial charge in [0.2, 0.25) is 5.76 Å². The van der Waals surface area contributed by atoms with Crippen molar-refractivity contribution in [3.05, 3.63) is 38.8 Å². The Morgan fingerprint density at radius 2 is 2.12 bits per heavy atom. The smallest absolute Gasteiger partial charge is 0.377 e. The third kappa shape index (κ3) is 4.08. The minimum atomic E-state index is -0.637. The molecule has 0 amide bonds. The van der Waals surface area contributed by atoms with Crippen molar-refractivity contribution in [2.45, 2.75) is 0 Å². The molecule has 17 heavy (non-hydrogen) atoms. The first-order valence-electron chi connectivity index (χ1n) is 4.52. The fourth-order valence-electron chi connectivity index (χ4n) is 0.995. The molecular weight excluding hydrogens is 358 g/mol. The van der Waals surface area contributed by atoms with Crippen LogP contribution in [0, 0.1) is 3.57 Å². The van der Waals surface area contributed by atoms with Gasteiger partial charge in [-0.1, -0.05) is 11.6 Å². The molecule has 92 valence electrons. The van der Waals surface area contributed by atoms with E-state index in [2.05, 4.69) is 27.3 Å². The summed E-state index contributed by atoms with van der Waals surface area (Å²) in [5.74, 6) is -0.340. The van der Waals surface area contributed by atoms with Crippen LogP contribution in [-0.4, -0.2) is 20.2 Å². The first kappa shape index (κ1) is 14.1. The average Bonchev–Trinajstić information content (AvgIpc) is 2.32. The molecule has 0 unspecified atom stereocenters. The van der Waals surface area contributed by atoms with Gasteiger partial charge in [0.05, 0.1) is 19.2 Å². The van der Waals surface area contributed by atoms with E-state index in [1.54, 1.807) is 12.1 Å². The maximum atomic E-state index is 11.4. The summed E-state index contributed by atoms with van der Waals surface area (Å²) in [7, 11) is 2.66. The lowest BCUT2D eigenvalue weighted by Crippen LogP contribution is -2.11. The first-order valence-corrected chi connectivity index (χ1v) is 5.98. The Balaban J connectivity index is 2.97. The summed E-state index contributed by atoms with van der Waals surface area (Å²) < 4.78 is 15.6. The molecule has 6 heteroatoms. The molecule has 0 spiro atoms. The Labute approximate surface area is 118 Å². The minimum Gasteiger partial charge on any atom is -0.500 e. The van der Waals surface area contributed by atoms with E-state index in [9.17, 15) is 4.79 Å². The highest BCUT2D eigenvalue weighted by molar-refractivity contribution is 14.1. The highest BCUT2D eigenvalue weighted by atomic mass is 127. The van der Waals surface area contributed by atoms with E-state index in [1.165, 1.54) is 14.2 Å². The fraction of sp³-hybridized carbons (Fsp3) is 0.182. The molecule has 0 aliphatic rings. The highest BCUT2D eigenvalue weighted by Gasteiger charge is 2.15. The summed E-state index contributed by atoms with van der Waals surface area (Å²) in [5.41, 5.74) is 0. The molecule has 0 aromatic heterocycles. The molecule has 1 rings (SSSR count). The molecule has 0 bridgehead atoms. The maximum absolute atomic E-state index is 11.4.